The van der Waals surface area contributed by atoms with E-state index in [0.29, 0.717) is 18.6 Å². The number of ether oxygens (including phenoxy) is 1. The van der Waals surface area contributed by atoms with Gasteiger partial charge in [0.05, 0.1) is 24.7 Å². The summed E-state index contributed by atoms with van der Waals surface area (Å²) in [7, 11) is 0. The van der Waals surface area contributed by atoms with Gasteiger partial charge in [-0.15, -0.1) is 0 Å². The summed E-state index contributed by atoms with van der Waals surface area (Å²) in [6.07, 6.45) is 3.96. The molecule has 7 heteroatoms. The Morgan fingerprint density at radius 1 is 1.12 bits per heavy atom. The molecule has 1 fully saturated rings. The van der Waals surface area contributed by atoms with E-state index < -0.39 is 11.6 Å². The average Bonchev–Trinajstić information content (AvgIpc) is 2.78. The molecule has 0 aliphatic carbocycles. The lowest BCUT2D eigenvalue weighted by Crippen LogP contribution is -2.37. The third-order valence-electron chi connectivity index (χ3n) is 5.99. The SMILES string of the molecule is CCOc1cc(CC(=O)NC(CC(C)(C)O)c2ccccc2N2CCCCC2)ccc1C(=O)O. The van der Waals surface area contributed by atoms with Gasteiger partial charge < -0.3 is 25.2 Å². The number of nitrogens with one attached hydrogen (secondary N) is 1. The Morgan fingerprint density at radius 3 is 2.47 bits per heavy atom. The maximum absolute atomic E-state index is 13.1. The van der Waals surface area contributed by atoms with Crippen molar-refractivity contribution in [2.24, 2.45) is 0 Å². The molecule has 1 atom stereocenters. The van der Waals surface area contributed by atoms with E-state index in [1.807, 2.05) is 18.2 Å². The quantitative estimate of drug-likeness (QED) is 0.480. The summed E-state index contributed by atoms with van der Waals surface area (Å²) in [4.78, 5) is 26.9. The average molecular weight is 469 g/mol. The number of hydrogen-bond acceptors (Lipinski definition) is 5. The molecule has 1 amide bonds. The zero-order valence-electron chi connectivity index (χ0n) is 20.3. The van der Waals surface area contributed by atoms with Gasteiger partial charge in [-0.05, 0) is 69.4 Å². The number of benzene rings is 2. The molecule has 34 heavy (non-hydrogen) atoms. The van der Waals surface area contributed by atoms with Crippen LogP contribution in [-0.4, -0.2) is 47.4 Å². The summed E-state index contributed by atoms with van der Waals surface area (Å²) in [6, 6.07) is 12.4. The molecule has 1 aliphatic rings. The summed E-state index contributed by atoms with van der Waals surface area (Å²) in [5, 5.41) is 23.1. The van der Waals surface area contributed by atoms with Gasteiger partial charge in [0.25, 0.3) is 0 Å². The van der Waals surface area contributed by atoms with Crippen LogP contribution in [0.3, 0.4) is 0 Å². The van der Waals surface area contributed by atoms with E-state index in [9.17, 15) is 19.8 Å². The van der Waals surface area contributed by atoms with Crippen LogP contribution >= 0.6 is 0 Å². The number of carbonyl (C=O) groups excluding carboxylic acids is 1. The van der Waals surface area contributed by atoms with Gasteiger partial charge in [0.1, 0.15) is 11.3 Å². The Hall–Kier alpha value is -3.06. The van der Waals surface area contributed by atoms with Crippen molar-refractivity contribution in [3.05, 3.63) is 59.2 Å². The normalized spacial score (nSPS) is 15.0. The largest absolute Gasteiger partial charge is 0.493 e. The first kappa shape index (κ1) is 25.6. The number of aromatic carboxylic acids is 1. The topological polar surface area (TPSA) is 99.1 Å². The summed E-state index contributed by atoms with van der Waals surface area (Å²) in [5.41, 5.74) is 1.86. The van der Waals surface area contributed by atoms with Gasteiger partial charge in [-0.2, -0.15) is 0 Å². The van der Waals surface area contributed by atoms with Gasteiger partial charge in [0.15, 0.2) is 0 Å². The lowest BCUT2D eigenvalue weighted by atomic mass is 9.91. The number of rotatable bonds is 10. The van der Waals surface area contributed by atoms with Gasteiger partial charge >= 0.3 is 5.97 Å². The zero-order chi connectivity index (χ0) is 24.7. The first-order valence-corrected chi connectivity index (χ1v) is 12.0. The highest BCUT2D eigenvalue weighted by Gasteiger charge is 2.27. The number of nitrogens with zero attached hydrogens (tertiary/aromatic N) is 1. The van der Waals surface area contributed by atoms with Crippen LogP contribution < -0.4 is 15.0 Å². The Bertz CT molecular complexity index is 993. The predicted octanol–water partition coefficient (Wildman–Crippen LogP) is 4.33. The fourth-order valence-corrected chi connectivity index (χ4v) is 4.50. The Labute approximate surface area is 201 Å². The minimum atomic E-state index is -1.07. The predicted molar refractivity (Wildman–Crippen MR) is 133 cm³/mol. The number of aliphatic hydroxyl groups is 1. The number of piperidine rings is 1. The molecular weight excluding hydrogens is 432 g/mol. The number of carboxylic acid groups (broad SMARTS) is 1. The number of hydrogen-bond donors (Lipinski definition) is 3. The summed E-state index contributed by atoms with van der Waals surface area (Å²) in [5.74, 6) is -1.02. The van der Waals surface area contributed by atoms with E-state index >= 15 is 0 Å². The third-order valence-corrected chi connectivity index (χ3v) is 5.99. The molecule has 184 valence electrons. The van der Waals surface area contributed by atoms with Crippen LogP contribution in [0.2, 0.25) is 0 Å². The van der Waals surface area contributed by atoms with E-state index in [1.54, 1.807) is 32.9 Å². The second kappa shape index (κ2) is 11.4. The van der Waals surface area contributed by atoms with Crippen LogP contribution in [0.25, 0.3) is 0 Å². The molecule has 0 bridgehead atoms. The lowest BCUT2D eigenvalue weighted by molar-refractivity contribution is -0.121. The van der Waals surface area contributed by atoms with E-state index in [-0.39, 0.29) is 29.7 Å². The van der Waals surface area contributed by atoms with Crippen molar-refractivity contribution in [3.63, 3.8) is 0 Å². The molecule has 1 unspecified atom stereocenters. The standard InChI is InChI=1S/C27H36N2O5/c1-4-34-24-16-19(12-13-21(24)26(31)32)17-25(30)28-22(18-27(2,3)33)20-10-6-7-11-23(20)29-14-8-5-9-15-29/h6-7,10-13,16,22,33H,4-5,8-9,14-15,17-18H2,1-3H3,(H,28,30)(H,31,32). The molecule has 1 saturated heterocycles. The smallest absolute Gasteiger partial charge is 0.339 e. The Morgan fingerprint density at radius 2 is 1.82 bits per heavy atom. The van der Waals surface area contributed by atoms with Crippen molar-refractivity contribution in [1.82, 2.24) is 5.32 Å². The molecule has 0 spiro atoms. The first-order valence-electron chi connectivity index (χ1n) is 12.0. The number of carboxylic acids is 1. The lowest BCUT2D eigenvalue weighted by Gasteiger charge is -2.34. The minimum Gasteiger partial charge on any atom is -0.493 e. The number of anilines is 1. The van der Waals surface area contributed by atoms with E-state index in [4.69, 9.17) is 4.74 Å². The van der Waals surface area contributed by atoms with Crippen molar-refractivity contribution in [2.75, 3.05) is 24.6 Å². The minimum absolute atomic E-state index is 0.0707. The van der Waals surface area contributed by atoms with E-state index in [0.717, 1.165) is 37.2 Å². The van der Waals surface area contributed by atoms with Gasteiger partial charge in [0.2, 0.25) is 5.91 Å². The van der Waals surface area contributed by atoms with Crippen molar-refractivity contribution in [1.29, 1.82) is 0 Å². The number of para-hydroxylation sites is 1. The molecular formula is C27H36N2O5. The molecule has 0 radical (unpaired) electrons. The third kappa shape index (κ3) is 6.97. The molecule has 2 aromatic rings. The number of carbonyl (C=O) groups is 2. The Kier molecular flexibility index (Phi) is 8.56. The molecule has 7 nitrogen and oxygen atoms in total. The molecule has 1 aliphatic heterocycles. The van der Waals surface area contributed by atoms with Gasteiger partial charge in [-0.1, -0.05) is 24.3 Å². The van der Waals surface area contributed by atoms with E-state index in [2.05, 4.69) is 16.3 Å². The van der Waals surface area contributed by atoms with Crippen molar-refractivity contribution in [2.45, 2.75) is 64.5 Å². The van der Waals surface area contributed by atoms with Crippen LogP contribution in [0, 0.1) is 0 Å². The molecule has 0 saturated carbocycles. The summed E-state index contributed by atoms with van der Waals surface area (Å²) < 4.78 is 5.47. The molecule has 1 heterocycles. The van der Waals surface area contributed by atoms with Crippen LogP contribution in [0.1, 0.15) is 74.0 Å². The fourth-order valence-electron chi connectivity index (χ4n) is 4.50. The molecule has 3 N–H and O–H groups in total. The summed E-state index contributed by atoms with van der Waals surface area (Å²) >= 11 is 0. The molecule has 0 aromatic heterocycles. The van der Waals surface area contributed by atoms with Gasteiger partial charge in [0, 0.05) is 25.2 Å². The zero-order valence-corrected chi connectivity index (χ0v) is 20.3. The maximum Gasteiger partial charge on any atom is 0.339 e. The van der Waals surface area contributed by atoms with Gasteiger partial charge in [-0.25, -0.2) is 4.79 Å². The maximum atomic E-state index is 13.1. The van der Waals surface area contributed by atoms with Crippen molar-refractivity contribution >= 4 is 17.6 Å². The van der Waals surface area contributed by atoms with E-state index in [1.165, 1.54) is 12.5 Å². The van der Waals surface area contributed by atoms with Crippen LogP contribution in [0.5, 0.6) is 5.75 Å². The summed E-state index contributed by atoms with van der Waals surface area (Å²) in [6.45, 7) is 7.57. The van der Waals surface area contributed by atoms with Crippen LogP contribution in [0.15, 0.2) is 42.5 Å². The Balaban J connectivity index is 1.83. The van der Waals surface area contributed by atoms with Crippen molar-refractivity contribution < 1.29 is 24.5 Å². The fraction of sp³-hybridized carbons (Fsp3) is 0.481. The highest BCUT2D eigenvalue weighted by Crippen LogP contribution is 2.33. The van der Waals surface area contributed by atoms with Gasteiger partial charge in [-0.3, -0.25) is 4.79 Å². The second-order valence-corrected chi connectivity index (χ2v) is 9.49. The highest BCUT2D eigenvalue weighted by atomic mass is 16.5. The first-order chi connectivity index (χ1) is 16.2. The monoisotopic (exact) mass is 468 g/mol. The molecule has 2 aromatic carbocycles. The van der Waals surface area contributed by atoms with Crippen molar-refractivity contribution in [3.8, 4) is 5.75 Å². The van der Waals surface area contributed by atoms with Crippen LogP contribution in [0.4, 0.5) is 5.69 Å². The second-order valence-electron chi connectivity index (χ2n) is 9.49. The molecule has 3 rings (SSSR count). The number of amides is 1. The van der Waals surface area contributed by atoms with Crippen LogP contribution in [-0.2, 0) is 11.2 Å². The highest BCUT2D eigenvalue weighted by molar-refractivity contribution is 5.91.